The van der Waals surface area contributed by atoms with Gasteiger partial charge in [0.05, 0.1) is 0 Å². The fourth-order valence-electron chi connectivity index (χ4n) is 1.85. The summed E-state index contributed by atoms with van der Waals surface area (Å²) in [4.78, 5) is 16.6. The lowest BCUT2D eigenvalue weighted by molar-refractivity contribution is -0.120. The van der Waals surface area contributed by atoms with Gasteiger partial charge in [-0.1, -0.05) is 24.2 Å². The molecule has 1 amide bonds. The third-order valence-electron chi connectivity index (χ3n) is 3.14. The lowest BCUT2D eigenvalue weighted by atomic mass is 10.1. The van der Waals surface area contributed by atoms with Crippen molar-refractivity contribution in [1.82, 2.24) is 0 Å². The van der Waals surface area contributed by atoms with Crippen LogP contribution in [0.2, 0.25) is 0 Å². The maximum atomic E-state index is 12.8. The summed E-state index contributed by atoms with van der Waals surface area (Å²) in [6.45, 7) is 1.79. The first-order valence-electron chi connectivity index (χ1n) is 7.18. The van der Waals surface area contributed by atoms with E-state index in [-0.39, 0.29) is 24.2 Å². The van der Waals surface area contributed by atoms with Gasteiger partial charge in [-0.05, 0) is 48.4 Å². The van der Waals surface area contributed by atoms with E-state index in [0.717, 1.165) is 6.42 Å². The van der Waals surface area contributed by atoms with E-state index in [9.17, 15) is 9.18 Å². The smallest absolute Gasteiger partial charge is 0.265 e. The van der Waals surface area contributed by atoms with Crippen LogP contribution in [0.25, 0.3) is 0 Å². The van der Waals surface area contributed by atoms with Crippen molar-refractivity contribution in [2.24, 2.45) is 10.9 Å². The standard InChI is InChI=1S/C17H18FN3O2/c1-2-12-3-9-15(10-4-12)20-16(22)11-23-21-17(19)13-5-7-14(18)8-6-13/h3-10H,2,11H2,1H3,(H2,19,21)(H,20,22). The Morgan fingerprint density at radius 2 is 1.83 bits per heavy atom. The van der Waals surface area contributed by atoms with Crippen molar-refractivity contribution in [1.29, 1.82) is 0 Å². The molecule has 0 spiro atoms. The molecule has 6 heteroatoms. The van der Waals surface area contributed by atoms with Crippen LogP contribution >= 0.6 is 0 Å². The average Bonchev–Trinajstić information content (AvgIpc) is 2.56. The number of carbonyl (C=O) groups is 1. The molecule has 0 saturated heterocycles. The number of nitrogens with zero attached hydrogens (tertiary/aromatic N) is 1. The molecule has 0 heterocycles. The Morgan fingerprint density at radius 3 is 2.43 bits per heavy atom. The Morgan fingerprint density at radius 1 is 1.17 bits per heavy atom. The van der Waals surface area contributed by atoms with Crippen LogP contribution in [0, 0.1) is 5.82 Å². The largest absolute Gasteiger partial charge is 0.384 e. The first-order chi connectivity index (χ1) is 11.1. The SMILES string of the molecule is CCc1ccc(NC(=O)CO/N=C(\N)c2ccc(F)cc2)cc1. The molecular weight excluding hydrogens is 297 g/mol. The highest BCUT2D eigenvalue weighted by Gasteiger charge is 2.04. The van der Waals surface area contributed by atoms with E-state index in [1.165, 1.54) is 29.8 Å². The second kappa shape index (κ2) is 7.93. The Kier molecular flexibility index (Phi) is 5.68. The Hall–Kier alpha value is -2.89. The molecule has 0 aromatic heterocycles. The van der Waals surface area contributed by atoms with Crippen LogP contribution in [0.3, 0.4) is 0 Å². The molecule has 0 aliphatic rings. The van der Waals surface area contributed by atoms with Crippen molar-refractivity contribution >= 4 is 17.4 Å². The van der Waals surface area contributed by atoms with Crippen molar-refractivity contribution in [3.63, 3.8) is 0 Å². The number of oxime groups is 1. The van der Waals surface area contributed by atoms with Gasteiger partial charge in [0.15, 0.2) is 12.4 Å². The summed E-state index contributed by atoms with van der Waals surface area (Å²) in [5, 5.41) is 6.33. The van der Waals surface area contributed by atoms with Crippen LogP contribution < -0.4 is 11.1 Å². The number of rotatable bonds is 6. The number of halogens is 1. The third-order valence-corrected chi connectivity index (χ3v) is 3.14. The predicted molar refractivity (Wildman–Crippen MR) is 87.5 cm³/mol. The van der Waals surface area contributed by atoms with Gasteiger partial charge in [0, 0.05) is 11.3 Å². The number of hydrogen-bond donors (Lipinski definition) is 2. The summed E-state index contributed by atoms with van der Waals surface area (Å²) < 4.78 is 12.8. The van der Waals surface area contributed by atoms with Gasteiger partial charge >= 0.3 is 0 Å². The van der Waals surface area contributed by atoms with Gasteiger partial charge in [0.1, 0.15) is 5.82 Å². The van der Waals surface area contributed by atoms with E-state index in [4.69, 9.17) is 10.6 Å². The van der Waals surface area contributed by atoms with Gasteiger partial charge in [-0.2, -0.15) is 0 Å². The van der Waals surface area contributed by atoms with Gasteiger partial charge in [-0.25, -0.2) is 4.39 Å². The molecule has 0 atom stereocenters. The second-order valence-electron chi connectivity index (χ2n) is 4.86. The normalized spacial score (nSPS) is 11.1. The topological polar surface area (TPSA) is 76.7 Å². The second-order valence-corrected chi connectivity index (χ2v) is 4.86. The third kappa shape index (κ3) is 5.10. The highest BCUT2D eigenvalue weighted by Crippen LogP contribution is 2.09. The fraction of sp³-hybridized carbons (Fsp3) is 0.176. The summed E-state index contributed by atoms with van der Waals surface area (Å²) in [6.07, 6.45) is 0.939. The Balaban J connectivity index is 1.83. The molecule has 23 heavy (non-hydrogen) atoms. The minimum absolute atomic E-state index is 0.0742. The van der Waals surface area contributed by atoms with Crippen LogP contribution in [-0.4, -0.2) is 18.3 Å². The zero-order chi connectivity index (χ0) is 16.7. The van der Waals surface area contributed by atoms with Crippen LogP contribution in [0.5, 0.6) is 0 Å². The molecule has 5 nitrogen and oxygen atoms in total. The number of amidine groups is 1. The number of aryl methyl sites for hydroxylation is 1. The van der Waals surface area contributed by atoms with Crippen molar-refractivity contribution in [3.05, 3.63) is 65.5 Å². The molecule has 3 N–H and O–H groups in total. The van der Waals surface area contributed by atoms with Gasteiger partial charge in [0.25, 0.3) is 5.91 Å². The molecule has 2 aromatic rings. The monoisotopic (exact) mass is 315 g/mol. The number of carbonyl (C=O) groups excluding carboxylic acids is 1. The molecule has 2 aromatic carbocycles. The zero-order valence-electron chi connectivity index (χ0n) is 12.8. The molecule has 0 aliphatic heterocycles. The predicted octanol–water partition coefficient (Wildman–Crippen LogP) is 2.66. The van der Waals surface area contributed by atoms with E-state index in [1.54, 1.807) is 0 Å². The molecular formula is C17H18FN3O2. The molecule has 0 saturated carbocycles. The van der Waals surface area contributed by atoms with E-state index in [0.29, 0.717) is 11.3 Å². The number of anilines is 1. The Labute approximate surface area is 133 Å². The summed E-state index contributed by atoms with van der Waals surface area (Å²) in [5.41, 5.74) is 8.08. The number of amides is 1. The van der Waals surface area contributed by atoms with E-state index < -0.39 is 0 Å². The van der Waals surface area contributed by atoms with E-state index in [2.05, 4.69) is 17.4 Å². The van der Waals surface area contributed by atoms with E-state index >= 15 is 0 Å². The number of hydrogen-bond acceptors (Lipinski definition) is 3. The van der Waals surface area contributed by atoms with Crippen molar-refractivity contribution in [2.45, 2.75) is 13.3 Å². The highest BCUT2D eigenvalue weighted by atomic mass is 19.1. The van der Waals surface area contributed by atoms with Gasteiger partial charge in [-0.3, -0.25) is 4.79 Å². The van der Waals surface area contributed by atoms with Crippen molar-refractivity contribution < 1.29 is 14.0 Å². The van der Waals surface area contributed by atoms with Crippen LogP contribution in [0.1, 0.15) is 18.1 Å². The highest BCUT2D eigenvalue weighted by molar-refractivity contribution is 5.97. The first-order valence-corrected chi connectivity index (χ1v) is 7.18. The summed E-state index contributed by atoms with van der Waals surface area (Å²) in [7, 11) is 0. The molecule has 0 unspecified atom stereocenters. The van der Waals surface area contributed by atoms with Gasteiger partial charge in [0.2, 0.25) is 0 Å². The molecule has 0 radical (unpaired) electrons. The maximum absolute atomic E-state index is 12.8. The molecule has 0 aliphatic carbocycles. The summed E-state index contributed by atoms with van der Waals surface area (Å²) in [6, 6.07) is 13.0. The molecule has 0 bridgehead atoms. The van der Waals surface area contributed by atoms with Crippen LogP contribution in [-0.2, 0) is 16.1 Å². The van der Waals surface area contributed by atoms with Crippen LogP contribution in [0.15, 0.2) is 53.7 Å². The van der Waals surface area contributed by atoms with E-state index in [1.807, 2.05) is 24.3 Å². The first kappa shape index (κ1) is 16.5. The minimum atomic E-state index is -0.365. The average molecular weight is 315 g/mol. The van der Waals surface area contributed by atoms with Crippen molar-refractivity contribution in [2.75, 3.05) is 11.9 Å². The molecule has 2 rings (SSSR count). The number of nitrogens with one attached hydrogen (secondary N) is 1. The Bertz CT molecular complexity index is 682. The van der Waals surface area contributed by atoms with Gasteiger partial charge in [-0.15, -0.1) is 0 Å². The number of nitrogens with two attached hydrogens (primary N) is 1. The number of benzene rings is 2. The van der Waals surface area contributed by atoms with Gasteiger partial charge < -0.3 is 15.9 Å². The van der Waals surface area contributed by atoms with Crippen molar-refractivity contribution in [3.8, 4) is 0 Å². The fourth-order valence-corrected chi connectivity index (χ4v) is 1.85. The quantitative estimate of drug-likeness (QED) is 0.489. The zero-order valence-corrected chi connectivity index (χ0v) is 12.8. The van der Waals surface area contributed by atoms with Crippen LogP contribution in [0.4, 0.5) is 10.1 Å². The maximum Gasteiger partial charge on any atom is 0.265 e. The minimum Gasteiger partial charge on any atom is -0.384 e. The lowest BCUT2D eigenvalue weighted by Gasteiger charge is -2.06. The summed E-state index contributed by atoms with van der Waals surface area (Å²) >= 11 is 0. The summed E-state index contributed by atoms with van der Waals surface area (Å²) in [5.74, 6) is -0.633. The molecule has 0 fully saturated rings. The molecule has 120 valence electrons. The lowest BCUT2D eigenvalue weighted by Crippen LogP contribution is -2.19.